The number of rotatable bonds is 17. The topological polar surface area (TPSA) is 241 Å². The molecule has 0 saturated carbocycles. The van der Waals surface area contributed by atoms with Gasteiger partial charge >= 0.3 is 22.0 Å². The van der Waals surface area contributed by atoms with Gasteiger partial charge in [0.05, 0.1) is 25.7 Å². The van der Waals surface area contributed by atoms with Crippen molar-refractivity contribution in [3.63, 3.8) is 0 Å². The average molecular weight is 675 g/mol. The zero-order chi connectivity index (χ0) is 35.0. The van der Waals surface area contributed by atoms with Crippen LogP contribution in [0.2, 0.25) is 0 Å². The maximum absolute atomic E-state index is 12.4. The molecule has 0 aliphatic carbocycles. The van der Waals surface area contributed by atoms with Crippen molar-refractivity contribution in [2.24, 2.45) is 17.2 Å². The molecule has 0 aliphatic rings. The molecule has 0 bridgehead atoms. The molecule has 256 valence electrons. The number of carboxylic acids is 2. The molecule has 0 saturated heterocycles. The molecule has 0 fully saturated rings. The highest BCUT2D eigenvalue weighted by Crippen LogP contribution is 2.24. The van der Waals surface area contributed by atoms with Crippen LogP contribution < -0.4 is 45.7 Å². The van der Waals surface area contributed by atoms with E-state index >= 15 is 0 Å². The lowest BCUT2D eigenvalue weighted by Gasteiger charge is -2.27. The highest BCUT2D eigenvalue weighted by atomic mass is 32.2. The van der Waals surface area contributed by atoms with Crippen molar-refractivity contribution in [1.29, 1.82) is 0 Å². The van der Waals surface area contributed by atoms with Crippen molar-refractivity contribution in [3.8, 4) is 23.0 Å². The molecule has 3 rings (SSSR count). The Balaban J connectivity index is 0.000000544. The van der Waals surface area contributed by atoms with Gasteiger partial charge in [-0.1, -0.05) is 23.8 Å². The van der Waals surface area contributed by atoms with Crippen LogP contribution in [0.15, 0.2) is 77.7 Å². The van der Waals surface area contributed by atoms with Gasteiger partial charge in [-0.25, -0.2) is 0 Å². The van der Waals surface area contributed by atoms with E-state index in [-0.39, 0.29) is 16.6 Å². The normalized spacial score (nSPS) is 11.7. The van der Waals surface area contributed by atoms with Gasteiger partial charge in [-0.3, -0.25) is 21.3 Å². The first-order valence-corrected chi connectivity index (χ1v) is 16.0. The fraction of sp³-hybridized carbons (Fsp3) is 0.344. The number of nitrogens with two attached hydrogens (primary N) is 3. The second-order valence-electron chi connectivity index (χ2n) is 10.7. The standard InChI is InChI=1S/C26H28O8S.C6H14N4O2/c1-19-8-14-24(15-9-19)35(29,30)34-21-12-10-20(11-13-21)31-16-5-17-32-22-6-4-7-23(18-22)33-26(2,3)25(27)28;7-4(5(11)12)2-1-3-10-6(8)9/h4,6-15,18H,5,16-17H2,1-3H3,(H,27,28);4H,1-3,7H2,(H,11,12)(H4,8,9,10). The lowest BCUT2D eigenvalue weighted by Crippen LogP contribution is -2.78. The second kappa shape index (κ2) is 18.2. The van der Waals surface area contributed by atoms with Gasteiger partial charge in [-0.2, -0.15) is 8.42 Å². The fourth-order valence-corrected chi connectivity index (χ4v) is 4.48. The maximum Gasteiger partial charge on any atom is 0.339 e. The minimum absolute atomic E-state index is 0.0862. The summed E-state index contributed by atoms with van der Waals surface area (Å²) in [5.74, 6) is -0.519. The molecule has 47 heavy (non-hydrogen) atoms. The summed E-state index contributed by atoms with van der Waals surface area (Å²) in [4.78, 5) is 24.1. The van der Waals surface area contributed by atoms with Crippen LogP contribution in [0.5, 0.6) is 23.0 Å². The van der Waals surface area contributed by atoms with Gasteiger partial charge in [0.2, 0.25) is 0 Å². The number of hydrogen-bond acceptors (Lipinski definition) is 10. The van der Waals surface area contributed by atoms with E-state index in [4.69, 9.17) is 40.7 Å². The first-order chi connectivity index (χ1) is 22.1. The van der Waals surface area contributed by atoms with Gasteiger partial charge in [0.25, 0.3) is 0 Å². The predicted octanol–water partition coefficient (Wildman–Crippen LogP) is 0.0504. The van der Waals surface area contributed by atoms with Crippen molar-refractivity contribution in [1.82, 2.24) is 0 Å². The van der Waals surface area contributed by atoms with Gasteiger partial charge in [-0.15, -0.1) is 0 Å². The molecule has 1 unspecified atom stereocenters. The number of aryl methyl sites for hydroxylation is 1. The Bertz CT molecular complexity index is 1570. The number of benzene rings is 3. The molecule has 8 N–H and O–H groups in total. The van der Waals surface area contributed by atoms with E-state index in [0.29, 0.717) is 56.3 Å². The van der Waals surface area contributed by atoms with Crippen molar-refractivity contribution in [2.45, 2.75) is 56.6 Å². The monoisotopic (exact) mass is 674 g/mol. The number of ether oxygens (including phenoxy) is 3. The van der Waals surface area contributed by atoms with Gasteiger partial charge in [0.15, 0.2) is 0 Å². The predicted molar refractivity (Wildman–Crippen MR) is 171 cm³/mol. The molecule has 15 heteroatoms. The third-order valence-electron chi connectivity index (χ3n) is 6.17. The molecular formula is C32H42N4O10S. The largest absolute Gasteiger partial charge is 0.546 e. The Labute approximate surface area is 274 Å². The van der Waals surface area contributed by atoms with Crippen molar-refractivity contribution < 1.29 is 51.6 Å². The third kappa shape index (κ3) is 14.3. The van der Waals surface area contributed by atoms with Crippen molar-refractivity contribution in [2.75, 3.05) is 19.8 Å². The van der Waals surface area contributed by atoms with E-state index in [2.05, 4.69) is 4.99 Å². The average Bonchev–Trinajstić information content (AvgIpc) is 3.00. The van der Waals surface area contributed by atoms with Crippen molar-refractivity contribution >= 4 is 28.0 Å². The second-order valence-corrected chi connectivity index (χ2v) is 12.3. The summed E-state index contributed by atoms with van der Waals surface area (Å²) in [5.41, 5.74) is 14.9. The number of carbonyl (C=O) groups is 2. The molecule has 14 nitrogen and oxygen atoms in total. The molecule has 0 aromatic heterocycles. The molecule has 0 aliphatic heterocycles. The Kier molecular flexibility index (Phi) is 14.8. The Morgan fingerprint density at radius 1 is 0.894 bits per heavy atom. The van der Waals surface area contributed by atoms with Crippen LogP contribution in [0.3, 0.4) is 0 Å². The molecule has 3 aromatic rings. The third-order valence-corrected chi connectivity index (χ3v) is 7.44. The lowest BCUT2D eigenvalue weighted by molar-refractivity contribution is -0.459. The van der Waals surface area contributed by atoms with Gasteiger partial charge in [0, 0.05) is 12.5 Å². The number of carboxylic acid groups (broad SMARTS) is 2. The molecule has 0 spiro atoms. The van der Waals surface area contributed by atoms with Crippen molar-refractivity contribution in [3.05, 3.63) is 78.4 Å². The maximum atomic E-state index is 12.4. The summed E-state index contributed by atoms with van der Waals surface area (Å²) < 4.78 is 46.7. The number of hydrogen-bond donors (Lipinski definition) is 5. The van der Waals surface area contributed by atoms with Crippen LogP contribution in [0.25, 0.3) is 0 Å². The number of nitrogens with one attached hydrogen (secondary N) is 1. The van der Waals surface area contributed by atoms with Crippen LogP contribution >= 0.6 is 0 Å². The summed E-state index contributed by atoms with van der Waals surface area (Å²) in [7, 11) is -3.91. The highest BCUT2D eigenvalue weighted by molar-refractivity contribution is 7.87. The summed E-state index contributed by atoms with van der Waals surface area (Å²) in [5, 5.41) is 19.5. The van der Waals surface area contributed by atoms with E-state index in [1.54, 1.807) is 48.5 Å². The fourth-order valence-electron chi connectivity index (χ4n) is 3.55. The molecule has 0 amide bonds. The molecule has 3 aromatic carbocycles. The van der Waals surface area contributed by atoms with Gasteiger partial charge < -0.3 is 39.1 Å². The highest BCUT2D eigenvalue weighted by Gasteiger charge is 2.21. The van der Waals surface area contributed by atoms with Crippen LogP contribution in [0.1, 0.15) is 38.7 Å². The van der Waals surface area contributed by atoms with E-state index in [9.17, 15) is 23.1 Å². The van der Waals surface area contributed by atoms with E-state index in [0.717, 1.165) is 5.56 Å². The number of carbonyl (C=O) groups excluding carboxylic acids is 1. The summed E-state index contributed by atoms with van der Waals surface area (Å²) >= 11 is 0. The Morgan fingerprint density at radius 3 is 2.04 bits per heavy atom. The first-order valence-electron chi connectivity index (χ1n) is 14.6. The summed E-state index contributed by atoms with van der Waals surface area (Å²) in [6.45, 7) is 5.98. The van der Waals surface area contributed by atoms with E-state index in [1.807, 2.05) is 6.92 Å². The number of guanidine groups is 1. The SMILES string of the molecule is Cc1ccc(S(=O)(=O)Oc2ccc(OCCCOc3cccc(OC(C)(C)C(=O)[O-])c3)cc2)cc1.NC(N)=[NH+]CCCC(N)C(=O)O. The van der Waals surface area contributed by atoms with E-state index < -0.39 is 33.7 Å². The Morgan fingerprint density at radius 2 is 1.47 bits per heavy atom. The summed E-state index contributed by atoms with van der Waals surface area (Å²) in [6.07, 6.45) is 1.62. The minimum atomic E-state index is -3.91. The van der Waals surface area contributed by atoms with Crippen LogP contribution in [0.4, 0.5) is 0 Å². The minimum Gasteiger partial charge on any atom is -0.546 e. The zero-order valence-electron chi connectivity index (χ0n) is 26.5. The summed E-state index contributed by atoms with van der Waals surface area (Å²) in [6, 6.07) is 18.6. The molecular weight excluding hydrogens is 632 g/mol. The Hall–Kier alpha value is -5.02. The number of aliphatic carboxylic acids is 2. The van der Waals surface area contributed by atoms with E-state index in [1.165, 1.54) is 38.1 Å². The molecule has 1 atom stereocenters. The lowest BCUT2D eigenvalue weighted by atomic mass is 10.1. The quantitative estimate of drug-likeness (QED) is 0.0551. The van der Waals surface area contributed by atoms with Gasteiger partial charge in [-0.05, 0) is 82.1 Å². The van der Waals surface area contributed by atoms with Crippen LogP contribution in [0, 0.1) is 6.92 Å². The zero-order valence-corrected chi connectivity index (χ0v) is 27.3. The molecule has 0 heterocycles. The first kappa shape index (κ1) is 38.2. The van der Waals surface area contributed by atoms with Crippen LogP contribution in [-0.2, 0) is 19.7 Å². The smallest absolute Gasteiger partial charge is 0.339 e. The van der Waals surface area contributed by atoms with Gasteiger partial charge in [0.1, 0.15) is 39.5 Å². The molecule has 0 radical (unpaired) electrons. The van der Waals surface area contributed by atoms with Crippen LogP contribution in [-0.4, -0.2) is 62.8 Å².